The van der Waals surface area contributed by atoms with Crippen molar-refractivity contribution in [3.8, 4) is 17.2 Å². The lowest BCUT2D eigenvalue weighted by Gasteiger charge is -2.27. The van der Waals surface area contributed by atoms with Crippen LogP contribution in [0.1, 0.15) is 71.2 Å². The lowest BCUT2D eigenvalue weighted by molar-refractivity contribution is 0.468. The molecule has 0 bridgehead atoms. The maximum atomic E-state index is 10.5. The molecule has 1 unspecified atom stereocenters. The zero-order valence-electron chi connectivity index (χ0n) is 21.1. The molecule has 0 radical (unpaired) electrons. The minimum Gasteiger partial charge on any atom is -0.508 e. The number of aromatic hydroxyl groups is 3. The summed E-state index contributed by atoms with van der Waals surface area (Å²) in [6, 6.07) is 26.0. The molecule has 0 aliphatic carbocycles. The monoisotopic (exact) mass is 466 g/mol. The van der Waals surface area contributed by atoms with Gasteiger partial charge in [-0.1, -0.05) is 81.4 Å². The zero-order valence-corrected chi connectivity index (χ0v) is 21.1. The van der Waals surface area contributed by atoms with E-state index in [0.717, 1.165) is 27.8 Å². The van der Waals surface area contributed by atoms with Gasteiger partial charge in [0.2, 0.25) is 0 Å². The number of hydrogen-bond donors (Lipinski definition) is 3. The van der Waals surface area contributed by atoms with Crippen LogP contribution in [0.5, 0.6) is 17.2 Å². The summed E-state index contributed by atoms with van der Waals surface area (Å²) in [4.78, 5) is 0. The van der Waals surface area contributed by atoms with Gasteiger partial charge in [-0.05, 0) is 76.6 Å². The standard InChI is InChI=1S/C32H34O3/c1-20-16-23(6-13-29(20)33)18-26-19-25(9-14-31(26)35)22(3)24-7-10-27(11-8-24)32(4,5)28-12-15-30(34)21(2)17-28/h6-17,19,22,33-35H,18H2,1-5H3. The molecule has 4 rings (SSSR count). The van der Waals surface area contributed by atoms with E-state index in [9.17, 15) is 15.3 Å². The second kappa shape index (κ2) is 9.50. The van der Waals surface area contributed by atoms with E-state index in [1.807, 2.05) is 38.1 Å². The van der Waals surface area contributed by atoms with E-state index in [1.165, 1.54) is 16.7 Å². The predicted molar refractivity (Wildman–Crippen MR) is 143 cm³/mol. The summed E-state index contributed by atoms with van der Waals surface area (Å²) in [7, 11) is 0. The van der Waals surface area contributed by atoms with Crippen molar-refractivity contribution in [3.63, 3.8) is 0 Å². The number of benzene rings is 4. The highest BCUT2D eigenvalue weighted by atomic mass is 16.3. The number of hydrogen-bond acceptors (Lipinski definition) is 3. The van der Waals surface area contributed by atoms with E-state index in [2.05, 4.69) is 57.2 Å². The van der Waals surface area contributed by atoms with Gasteiger partial charge in [0.15, 0.2) is 0 Å². The van der Waals surface area contributed by atoms with Crippen molar-refractivity contribution in [1.82, 2.24) is 0 Å². The molecule has 0 saturated heterocycles. The van der Waals surface area contributed by atoms with Crippen LogP contribution >= 0.6 is 0 Å². The SMILES string of the molecule is Cc1cc(Cc2cc(C(C)c3ccc(C(C)(C)c4ccc(O)c(C)c4)cc3)ccc2O)ccc1O. The van der Waals surface area contributed by atoms with Crippen molar-refractivity contribution >= 4 is 0 Å². The maximum absolute atomic E-state index is 10.5. The third-order valence-electron chi connectivity index (χ3n) is 7.31. The minimum atomic E-state index is -0.186. The highest BCUT2D eigenvalue weighted by Crippen LogP contribution is 2.35. The van der Waals surface area contributed by atoms with Crippen LogP contribution in [-0.2, 0) is 11.8 Å². The summed E-state index contributed by atoms with van der Waals surface area (Å²) >= 11 is 0. The van der Waals surface area contributed by atoms with Crippen molar-refractivity contribution in [3.05, 3.63) is 123 Å². The van der Waals surface area contributed by atoms with Gasteiger partial charge in [-0.15, -0.1) is 0 Å². The highest BCUT2D eigenvalue weighted by Gasteiger charge is 2.24. The Morgan fingerprint density at radius 1 is 0.629 bits per heavy atom. The van der Waals surface area contributed by atoms with E-state index in [-0.39, 0.29) is 22.8 Å². The summed E-state index contributed by atoms with van der Waals surface area (Å²) in [6.45, 7) is 10.4. The Kier molecular flexibility index (Phi) is 6.62. The number of rotatable bonds is 6. The van der Waals surface area contributed by atoms with Crippen LogP contribution < -0.4 is 0 Å². The third kappa shape index (κ3) is 5.05. The van der Waals surface area contributed by atoms with Crippen LogP contribution in [0.25, 0.3) is 0 Å². The Morgan fingerprint density at radius 2 is 1.17 bits per heavy atom. The van der Waals surface area contributed by atoms with Gasteiger partial charge < -0.3 is 15.3 Å². The molecule has 3 N–H and O–H groups in total. The smallest absolute Gasteiger partial charge is 0.119 e. The average molecular weight is 467 g/mol. The largest absolute Gasteiger partial charge is 0.508 e. The first-order valence-electron chi connectivity index (χ1n) is 12.1. The number of aryl methyl sites for hydroxylation is 2. The quantitative estimate of drug-likeness (QED) is 0.276. The van der Waals surface area contributed by atoms with Gasteiger partial charge in [0, 0.05) is 17.8 Å². The van der Waals surface area contributed by atoms with Crippen LogP contribution in [0.15, 0.2) is 78.9 Å². The van der Waals surface area contributed by atoms with Crippen LogP contribution in [-0.4, -0.2) is 15.3 Å². The molecule has 0 spiro atoms. The molecular formula is C32H34O3. The fourth-order valence-electron chi connectivity index (χ4n) is 4.66. The van der Waals surface area contributed by atoms with Gasteiger partial charge >= 0.3 is 0 Å². The first-order chi connectivity index (χ1) is 16.6. The van der Waals surface area contributed by atoms with Crippen LogP contribution in [0.4, 0.5) is 0 Å². The number of phenolic OH excluding ortho intramolecular Hbond substituents is 3. The molecule has 0 aromatic heterocycles. The van der Waals surface area contributed by atoms with Crippen molar-refractivity contribution in [2.75, 3.05) is 0 Å². The lowest BCUT2D eigenvalue weighted by Crippen LogP contribution is -2.19. The van der Waals surface area contributed by atoms with Gasteiger partial charge in [-0.2, -0.15) is 0 Å². The van der Waals surface area contributed by atoms with Crippen molar-refractivity contribution in [2.24, 2.45) is 0 Å². The minimum absolute atomic E-state index is 0.170. The topological polar surface area (TPSA) is 60.7 Å². The predicted octanol–water partition coefficient (Wildman–Crippen LogP) is 7.49. The second-order valence-corrected chi connectivity index (χ2v) is 10.2. The molecule has 3 nitrogen and oxygen atoms in total. The molecule has 0 amide bonds. The van der Waals surface area contributed by atoms with Crippen molar-refractivity contribution in [2.45, 2.75) is 52.4 Å². The zero-order chi connectivity index (χ0) is 25.3. The Bertz CT molecular complexity index is 1350. The van der Waals surface area contributed by atoms with E-state index >= 15 is 0 Å². The van der Waals surface area contributed by atoms with E-state index in [0.29, 0.717) is 12.2 Å². The molecular weight excluding hydrogens is 432 g/mol. The molecule has 0 fully saturated rings. The Morgan fingerprint density at radius 3 is 1.80 bits per heavy atom. The van der Waals surface area contributed by atoms with Gasteiger partial charge in [-0.25, -0.2) is 0 Å². The molecule has 1 atom stereocenters. The van der Waals surface area contributed by atoms with Gasteiger partial charge in [0.1, 0.15) is 17.2 Å². The molecule has 0 aliphatic heterocycles. The summed E-state index contributed by atoms with van der Waals surface area (Å²) in [5.74, 6) is 1.06. The summed E-state index contributed by atoms with van der Waals surface area (Å²) in [5.41, 5.74) is 8.19. The van der Waals surface area contributed by atoms with Crippen LogP contribution in [0.2, 0.25) is 0 Å². The molecule has 0 aliphatic rings. The van der Waals surface area contributed by atoms with Gasteiger partial charge in [0.05, 0.1) is 0 Å². The molecule has 35 heavy (non-hydrogen) atoms. The fraction of sp³-hybridized carbons (Fsp3) is 0.250. The molecule has 4 aromatic rings. The van der Waals surface area contributed by atoms with Crippen LogP contribution in [0, 0.1) is 13.8 Å². The second-order valence-electron chi connectivity index (χ2n) is 10.2. The maximum Gasteiger partial charge on any atom is 0.119 e. The fourth-order valence-corrected chi connectivity index (χ4v) is 4.66. The summed E-state index contributed by atoms with van der Waals surface area (Å²) < 4.78 is 0. The Labute approximate surface area is 208 Å². The lowest BCUT2D eigenvalue weighted by atomic mass is 9.77. The number of phenols is 3. The van der Waals surface area contributed by atoms with Gasteiger partial charge in [0.25, 0.3) is 0 Å². The summed E-state index contributed by atoms with van der Waals surface area (Å²) in [6.07, 6.45) is 0.604. The molecule has 3 heteroatoms. The van der Waals surface area contributed by atoms with E-state index < -0.39 is 0 Å². The molecule has 0 saturated carbocycles. The summed E-state index contributed by atoms with van der Waals surface area (Å²) in [5, 5.41) is 30.2. The molecule has 0 heterocycles. The molecule has 180 valence electrons. The van der Waals surface area contributed by atoms with Crippen molar-refractivity contribution in [1.29, 1.82) is 0 Å². The highest BCUT2D eigenvalue weighted by molar-refractivity contribution is 5.47. The van der Waals surface area contributed by atoms with Gasteiger partial charge in [-0.3, -0.25) is 0 Å². The van der Waals surface area contributed by atoms with Crippen molar-refractivity contribution < 1.29 is 15.3 Å². The first-order valence-corrected chi connectivity index (χ1v) is 12.1. The van der Waals surface area contributed by atoms with E-state index in [1.54, 1.807) is 18.2 Å². The normalized spacial score (nSPS) is 12.5. The first kappa shape index (κ1) is 24.4. The Balaban J connectivity index is 1.57. The van der Waals surface area contributed by atoms with Crippen LogP contribution in [0.3, 0.4) is 0 Å². The Hall–Kier alpha value is -3.72. The third-order valence-corrected chi connectivity index (χ3v) is 7.31. The molecule has 4 aromatic carbocycles. The average Bonchev–Trinajstić information content (AvgIpc) is 2.84. The van der Waals surface area contributed by atoms with E-state index in [4.69, 9.17) is 0 Å².